The van der Waals surface area contributed by atoms with Gasteiger partial charge >= 0.3 is 6.18 Å². The predicted octanol–water partition coefficient (Wildman–Crippen LogP) is 6.99. The molecule has 10 heteroatoms. The summed E-state index contributed by atoms with van der Waals surface area (Å²) in [5.41, 5.74) is 2.54. The maximum absolute atomic E-state index is 13.4. The predicted molar refractivity (Wildman–Crippen MR) is 169 cm³/mol. The lowest BCUT2D eigenvalue weighted by atomic mass is 9.95. The first-order chi connectivity index (χ1) is 20.8. The zero-order valence-corrected chi connectivity index (χ0v) is 25.7. The normalized spacial score (nSPS) is 20.1. The molecule has 2 saturated heterocycles. The summed E-state index contributed by atoms with van der Waals surface area (Å²) in [6.45, 7) is 3.56. The Kier molecular flexibility index (Phi) is 10.7. The number of alkyl halides is 3. The molecule has 3 heterocycles. The lowest BCUT2D eigenvalue weighted by Gasteiger charge is -2.24. The highest BCUT2D eigenvalue weighted by Crippen LogP contribution is 2.32. The van der Waals surface area contributed by atoms with Crippen LogP contribution in [0.1, 0.15) is 37.8 Å². The van der Waals surface area contributed by atoms with Gasteiger partial charge in [-0.3, -0.25) is 0 Å². The van der Waals surface area contributed by atoms with E-state index in [1.165, 1.54) is 36.9 Å². The van der Waals surface area contributed by atoms with Crippen LogP contribution in [0.15, 0.2) is 47.4 Å². The van der Waals surface area contributed by atoms with E-state index in [0.29, 0.717) is 23.0 Å². The maximum Gasteiger partial charge on any atom is 0.406 e. The molecule has 3 aliphatic rings. The fourth-order valence-corrected chi connectivity index (χ4v) is 6.53. The van der Waals surface area contributed by atoms with Gasteiger partial charge in [0.1, 0.15) is 12.3 Å². The van der Waals surface area contributed by atoms with Crippen LogP contribution in [0.4, 0.5) is 24.5 Å². The summed E-state index contributed by atoms with van der Waals surface area (Å²) in [6, 6.07) is 13.4. The summed E-state index contributed by atoms with van der Waals surface area (Å²) in [6.07, 6.45) is 3.41. The molecular weight excluding hydrogens is 573 g/mol. The molecule has 1 aliphatic carbocycles. The number of methoxy groups -OCH3 is 1. The van der Waals surface area contributed by atoms with Crippen LogP contribution in [0.3, 0.4) is 0 Å². The largest absolute Gasteiger partial charge is 0.495 e. The minimum atomic E-state index is -4.35. The molecule has 2 aliphatic heterocycles. The summed E-state index contributed by atoms with van der Waals surface area (Å²) in [4.78, 5) is 1.08. The van der Waals surface area contributed by atoms with Crippen LogP contribution in [0, 0.1) is 23.7 Å². The number of nitrogens with zero attached hydrogens (tertiary/aromatic N) is 1. The molecule has 232 valence electrons. The van der Waals surface area contributed by atoms with Gasteiger partial charge in [0.05, 0.1) is 43.8 Å². The number of rotatable bonds is 7. The van der Waals surface area contributed by atoms with Crippen molar-refractivity contribution in [3.8, 4) is 17.6 Å². The van der Waals surface area contributed by atoms with E-state index in [-0.39, 0.29) is 6.54 Å². The first-order valence-electron chi connectivity index (χ1n) is 15.0. The standard InChI is InChI=1S/C27H30F3N3OS.C6H11NO/c1-34-26-17-21(35-2)13-14-24(26)31-15-7-10-20-16-22-23(32-19-8-4-3-5-9-19)11-6-12-25(22)33(20)18-27(28,29)30;1-5-3-8-4-6(5)2-7-1/h6,11-14,16-17,19,31-32H,3-5,8-9,15,18H2,1-2H3;5-7H,1-4H2. The lowest BCUT2D eigenvalue weighted by molar-refractivity contribution is -0.140. The fourth-order valence-electron chi connectivity index (χ4n) is 6.10. The van der Waals surface area contributed by atoms with E-state index in [4.69, 9.17) is 9.47 Å². The Balaban J connectivity index is 0.000000392. The molecule has 1 aromatic heterocycles. The number of fused-ring (bicyclic) bond motifs is 2. The first kappa shape index (κ1) is 31.4. The molecule has 2 atom stereocenters. The molecule has 2 aromatic carbocycles. The smallest absolute Gasteiger partial charge is 0.406 e. The van der Waals surface area contributed by atoms with Gasteiger partial charge in [-0.1, -0.05) is 31.2 Å². The second kappa shape index (κ2) is 14.7. The molecule has 43 heavy (non-hydrogen) atoms. The van der Waals surface area contributed by atoms with Crippen LogP contribution in [0.5, 0.6) is 5.75 Å². The van der Waals surface area contributed by atoms with Crippen LogP contribution in [-0.2, 0) is 11.3 Å². The molecule has 2 unspecified atom stereocenters. The Labute approximate surface area is 256 Å². The molecule has 0 spiro atoms. The molecular formula is C33H41F3N4O2S. The summed E-state index contributed by atoms with van der Waals surface area (Å²) in [5, 5.41) is 10.9. The van der Waals surface area contributed by atoms with Crippen molar-refractivity contribution in [1.29, 1.82) is 0 Å². The highest BCUT2D eigenvalue weighted by molar-refractivity contribution is 7.98. The third-order valence-electron chi connectivity index (χ3n) is 8.38. The number of halogens is 3. The molecule has 0 radical (unpaired) electrons. The molecule has 0 bridgehead atoms. The fraction of sp³-hybridized carbons (Fsp3) is 0.515. The number of thioether (sulfide) groups is 1. The summed E-state index contributed by atoms with van der Waals surface area (Å²) >= 11 is 1.62. The second-order valence-corrected chi connectivity index (χ2v) is 12.3. The van der Waals surface area contributed by atoms with E-state index >= 15 is 0 Å². The van der Waals surface area contributed by atoms with Crippen molar-refractivity contribution >= 4 is 34.0 Å². The van der Waals surface area contributed by atoms with Gasteiger partial charge in [-0.05, 0) is 61.4 Å². The number of anilines is 2. The molecule has 6 nitrogen and oxygen atoms in total. The number of hydrogen-bond donors (Lipinski definition) is 3. The zero-order chi connectivity index (χ0) is 30.2. The monoisotopic (exact) mass is 614 g/mol. The van der Waals surface area contributed by atoms with Gasteiger partial charge < -0.3 is 30.0 Å². The molecule has 3 fully saturated rings. The summed E-state index contributed by atoms with van der Waals surface area (Å²) in [5.74, 6) is 8.33. The van der Waals surface area contributed by atoms with Crippen LogP contribution in [-0.4, -0.2) is 63.0 Å². The number of aromatic nitrogens is 1. The molecule has 3 aromatic rings. The van der Waals surface area contributed by atoms with Gasteiger partial charge in [-0.25, -0.2) is 0 Å². The molecule has 0 amide bonds. The average Bonchev–Trinajstić information content (AvgIpc) is 3.72. The first-order valence-corrected chi connectivity index (χ1v) is 16.3. The van der Waals surface area contributed by atoms with Gasteiger partial charge in [0.15, 0.2) is 0 Å². The average molecular weight is 615 g/mol. The van der Waals surface area contributed by atoms with Crippen LogP contribution in [0.2, 0.25) is 0 Å². The van der Waals surface area contributed by atoms with Crippen molar-refractivity contribution in [3.05, 3.63) is 48.2 Å². The van der Waals surface area contributed by atoms with Crippen molar-refractivity contribution in [2.75, 3.05) is 56.8 Å². The quantitative estimate of drug-likeness (QED) is 0.197. The second-order valence-electron chi connectivity index (χ2n) is 11.4. The minimum Gasteiger partial charge on any atom is -0.495 e. The van der Waals surface area contributed by atoms with Gasteiger partial charge in [0.2, 0.25) is 0 Å². The minimum absolute atomic E-state index is 0.274. The number of nitrogens with one attached hydrogen (secondary N) is 3. The summed E-state index contributed by atoms with van der Waals surface area (Å²) < 4.78 is 52.3. The lowest BCUT2D eigenvalue weighted by Crippen LogP contribution is -2.22. The van der Waals surface area contributed by atoms with Crippen molar-refractivity contribution in [2.24, 2.45) is 11.8 Å². The molecule has 6 rings (SSSR count). The highest BCUT2D eigenvalue weighted by Gasteiger charge is 2.32. The van der Waals surface area contributed by atoms with Crippen molar-refractivity contribution in [1.82, 2.24) is 9.88 Å². The van der Waals surface area contributed by atoms with Crippen molar-refractivity contribution in [3.63, 3.8) is 0 Å². The van der Waals surface area contributed by atoms with Crippen molar-refractivity contribution < 1.29 is 22.6 Å². The Hall–Kier alpha value is -3.00. The number of benzene rings is 2. The van der Waals surface area contributed by atoms with E-state index in [1.807, 2.05) is 36.6 Å². The highest BCUT2D eigenvalue weighted by atomic mass is 32.2. The van der Waals surface area contributed by atoms with Crippen LogP contribution < -0.4 is 20.7 Å². The van der Waals surface area contributed by atoms with Gasteiger partial charge in [-0.2, -0.15) is 13.2 Å². The van der Waals surface area contributed by atoms with E-state index < -0.39 is 12.7 Å². The van der Waals surface area contributed by atoms with E-state index in [0.717, 1.165) is 59.5 Å². The summed E-state index contributed by atoms with van der Waals surface area (Å²) in [7, 11) is 1.60. The van der Waals surface area contributed by atoms with E-state index in [2.05, 4.69) is 27.8 Å². The number of ether oxygens (including phenoxy) is 2. The third kappa shape index (κ3) is 8.34. The maximum atomic E-state index is 13.4. The van der Waals surface area contributed by atoms with Gasteiger partial charge in [0, 0.05) is 46.9 Å². The zero-order valence-electron chi connectivity index (χ0n) is 24.9. The number of hydrogen-bond acceptors (Lipinski definition) is 6. The van der Waals surface area contributed by atoms with Crippen molar-refractivity contribution in [2.45, 2.75) is 55.8 Å². The third-order valence-corrected chi connectivity index (χ3v) is 9.11. The molecule has 3 N–H and O–H groups in total. The molecule has 1 saturated carbocycles. The topological polar surface area (TPSA) is 59.5 Å². The van der Waals surface area contributed by atoms with E-state index in [1.54, 1.807) is 31.0 Å². The van der Waals surface area contributed by atoms with E-state index in [9.17, 15) is 13.2 Å². The Morgan fingerprint density at radius 1 is 1.05 bits per heavy atom. The Morgan fingerprint density at radius 2 is 1.81 bits per heavy atom. The SMILES string of the molecule is C1NCC2COCC12.COc1cc(SC)ccc1NCC#Cc1cc2c(NC3CCCCC3)cccc2n1CC(F)(F)F. The van der Waals surface area contributed by atoms with Crippen LogP contribution >= 0.6 is 11.8 Å². The Morgan fingerprint density at radius 3 is 2.51 bits per heavy atom. The van der Waals surface area contributed by atoms with Gasteiger partial charge in [-0.15, -0.1) is 11.8 Å². The van der Waals surface area contributed by atoms with Gasteiger partial charge in [0.25, 0.3) is 0 Å². The Bertz CT molecular complexity index is 1410. The van der Waals surface area contributed by atoms with Crippen LogP contribution in [0.25, 0.3) is 10.9 Å².